The largest absolute Gasteiger partial charge is 0.491 e. The van der Waals surface area contributed by atoms with Crippen molar-refractivity contribution >= 4 is 11.6 Å². The molecule has 1 fully saturated rings. The number of rotatable bonds is 4. The molecule has 2 aliphatic carbocycles. The maximum absolute atomic E-state index is 12.0. The van der Waals surface area contributed by atoms with Gasteiger partial charge in [-0.15, -0.1) is 0 Å². The van der Waals surface area contributed by atoms with Gasteiger partial charge in [-0.2, -0.15) is 5.10 Å². The van der Waals surface area contributed by atoms with E-state index < -0.39 is 0 Å². The molecule has 0 spiro atoms. The maximum atomic E-state index is 12.0. The van der Waals surface area contributed by atoms with E-state index in [1.807, 2.05) is 26.0 Å². The van der Waals surface area contributed by atoms with Crippen molar-refractivity contribution in [2.24, 2.45) is 16.9 Å². The molecule has 2 aliphatic rings. The van der Waals surface area contributed by atoms with Crippen LogP contribution in [0.4, 0.5) is 0 Å². The molecule has 0 aromatic heterocycles. The lowest BCUT2D eigenvalue weighted by molar-refractivity contribution is 0.0954. The number of carbonyl (C=O) groups is 1. The van der Waals surface area contributed by atoms with Gasteiger partial charge in [0, 0.05) is 17.2 Å². The second-order valence-corrected chi connectivity index (χ2v) is 5.87. The van der Waals surface area contributed by atoms with Crippen LogP contribution in [0, 0.1) is 11.8 Å². The molecule has 1 amide bonds. The summed E-state index contributed by atoms with van der Waals surface area (Å²) in [4.78, 5) is 12.0. The summed E-state index contributed by atoms with van der Waals surface area (Å²) in [5.41, 5.74) is 4.36. The van der Waals surface area contributed by atoms with Crippen LogP contribution in [0.15, 0.2) is 41.5 Å². The average Bonchev–Trinajstić information content (AvgIpc) is 2.80. The lowest BCUT2D eigenvalue weighted by Crippen LogP contribution is -2.35. The summed E-state index contributed by atoms with van der Waals surface area (Å²) in [6, 6.07) is 7.13. The molecule has 1 saturated carbocycles. The Morgan fingerprint density at radius 1 is 1.33 bits per heavy atom. The Balaban J connectivity index is 1.57. The number of carbonyl (C=O) groups excluding carboxylic acids is 1. The fourth-order valence-corrected chi connectivity index (χ4v) is 2.81. The number of amides is 1. The van der Waals surface area contributed by atoms with Crippen molar-refractivity contribution in [3.8, 4) is 5.75 Å². The van der Waals surface area contributed by atoms with E-state index in [9.17, 15) is 4.79 Å². The number of nitrogens with one attached hydrogen (secondary N) is 1. The number of benzene rings is 1. The first-order valence-electron chi connectivity index (χ1n) is 7.43. The van der Waals surface area contributed by atoms with E-state index in [1.165, 1.54) is 0 Å². The summed E-state index contributed by atoms with van der Waals surface area (Å²) in [5, 5.41) is 4.27. The van der Waals surface area contributed by atoms with Crippen LogP contribution in [-0.4, -0.2) is 17.7 Å². The molecular formula is C17H20N2O2. The third-order valence-corrected chi connectivity index (χ3v) is 3.95. The molecule has 0 aliphatic heterocycles. The molecule has 1 aromatic carbocycles. The van der Waals surface area contributed by atoms with Gasteiger partial charge in [0.15, 0.2) is 0 Å². The summed E-state index contributed by atoms with van der Waals surface area (Å²) in [6.07, 6.45) is 6.61. The summed E-state index contributed by atoms with van der Waals surface area (Å²) < 4.78 is 5.55. The Morgan fingerprint density at radius 3 is 2.76 bits per heavy atom. The van der Waals surface area contributed by atoms with Crippen LogP contribution in [0.3, 0.4) is 0 Å². The van der Waals surface area contributed by atoms with Crippen LogP contribution in [-0.2, 0) is 0 Å². The van der Waals surface area contributed by atoms with Crippen LogP contribution in [0.5, 0.6) is 5.75 Å². The summed E-state index contributed by atoms with van der Waals surface area (Å²) in [5.74, 6) is 1.76. The smallest absolute Gasteiger partial charge is 0.271 e. The van der Waals surface area contributed by atoms with Gasteiger partial charge in [0.25, 0.3) is 5.91 Å². The molecule has 0 radical (unpaired) electrons. The Hall–Kier alpha value is -2.10. The zero-order valence-electron chi connectivity index (χ0n) is 12.4. The molecule has 0 unspecified atom stereocenters. The second kappa shape index (κ2) is 5.72. The minimum Gasteiger partial charge on any atom is -0.491 e. The zero-order valence-corrected chi connectivity index (χ0v) is 12.4. The predicted octanol–water partition coefficient (Wildman–Crippen LogP) is 3.16. The fraction of sp³-hybridized carbons (Fsp3) is 0.412. The molecule has 1 N–H and O–H groups in total. The first-order chi connectivity index (χ1) is 10.1. The van der Waals surface area contributed by atoms with E-state index in [2.05, 4.69) is 22.7 Å². The van der Waals surface area contributed by atoms with E-state index in [1.54, 1.807) is 12.1 Å². The van der Waals surface area contributed by atoms with Gasteiger partial charge in [0.05, 0.1) is 6.10 Å². The Kier molecular flexibility index (Phi) is 3.78. The fourth-order valence-electron chi connectivity index (χ4n) is 2.81. The normalized spacial score (nSPS) is 24.8. The number of hydrazone groups is 1. The Morgan fingerprint density at radius 2 is 2.10 bits per heavy atom. The average molecular weight is 284 g/mol. The van der Waals surface area contributed by atoms with E-state index in [0.717, 1.165) is 24.3 Å². The number of ether oxygens (including phenoxy) is 1. The highest BCUT2D eigenvalue weighted by molar-refractivity contribution is 5.98. The number of allylic oxidation sites excluding steroid dienone is 2. The SMILES string of the molecule is CC(C)Oc1ccc(C(=O)N/N=C2/C[C@@H]3C=CC[C@H]23)cc1. The molecule has 0 saturated heterocycles. The van der Waals surface area contributed by atoms with Crippen molar-refractivity contribution < 1.29 is 9.53 Å². The summed E-state index contributed by atoms with van der Waals surface area (Å²) in [6.45, 7) is 3.95. The van der Waals surface area contributed by atoms with Gasteiger partial charge in [-0.3, -0.25) is 4.79 Å². The van der Waals surface area contributed by atoms with Crippen molar-refractivity contribution in [3.63, 3.8) is 0 Å². The van der Waals surface area contributed by atoms with E-state index in [-0.39, 0.29) is 12.0 Å². The van der Waals surface area contributed by atoms with Crippen molar-refractivity contribution in [3.05, 3.63) is 42.0 Å². The number of fused-ring (bicyclic) bond motifs is 1. The van der Waals surface area contributed by atoms with Crippen LogP contribution in [0.25, 0.3) is 0 Å². The first-order valence-corrected chi connectivity index (χ1v) is 7.43. The third-order valence-electron chi connectivity index (χ3n) is 3.95. The lowest BCUT2D eigenvalue weighted by atomic mass is 9.74. The highest BCUT2D eigenvalue weighted by Gasteiger charge is 2.37. The highest BCUT2D eigenvalue weighted by atomic mass is 16.5. The molecule has 4 heteroatoms. The topological polar surface area (TPSA) is 50.7 Å². The predicted molar refractivity (Wildman–Crippen MR) is 82.5 cm³/mol. The Labute approximate surface area is 124 Å². The van der Waals surface area contributed by atoms with Gasteiger partial charge >= 0.3 is 0 Å². The molecule has 110 valence electrons. The van der Waals surface area contributed by atoms with Crippen molar-refractivity contribution in [1.82, 2.24) is 5.43 Å². The molecule has 2 atom stereocenters. The zero-order chi connectivity index (χ0) is 14.8. The van der Waals surface area contributed by atoms with Gasteiger partial charge in [0.1, 0.15) is 5.75 Å². The van der Waals surface area contributed by atoms with Gasteiger partial charge in [0.2, 0.25) is 0 Å². The standard InChI is InChI=1S/C17H20N2O2/c1-11(2)21-14-8-6-12(7-9-14)17(20)19-18-16-10-13-4-3-5-15(13)16/h3-4,6-9,11,13,15H,5,10H2,1-2H3,(H,19,20)/b18-16-/t13-,15-/m0/s1. The monoisotopic (exact) mass is 284 g/mol. The maximum Gasteiger partial charge on any atom is 0.271 e. The Bertz CT molecular complexity index is 587. The van der Waals surface area contributed by atoms with Gasteiger partial charge in [-0.05, 0) is 56.9 Å². The van der Waals surface area contributed by atoms with Crippen LogP contribution < -0.4 is 10.2 Å². The van der Waals surface area contributed by atoms with E-state index in [4.69, 9.17) is 4.74 Å². The van der Waals surface area contributed by atoms with Crippen LogP contribution in [0.1, 0.15) is 37.0 Å². The molecule has 21 heavy (non-hydrogen) atoms. The number of nitrogens with zero attached hydrogens (tertiary/aromatic N) is 1. The molecule has 3 rings (SSSR count). The van der Waals surface area contributed by atoms with Gasteiger partial charge < -0.3 is 4.74 Å². The molecular weight excluding hydrogens is 264 g/mol. The minimum atomic E-state index is -0.173. The van der Waals surface area contributed by atoms with Gasteiger partial charge in [-0.1, -0.05) is 12.2 Å². The quantitative estimate of drug-likeness (QED) is 0.682. The second-order valence-electron chi connectivity index (χ2n) is 5.87. The van der Waals surface area contributed by atoms with Crippen molar-refractivity contribution in [2.45, 2.75) is 32.8 Å². The number of hydrogen-bond acceptors (Lipinski definition) is 3. The third kappa shape index (κ3) is 2.99. The van der Waals surface area contributed by atoms with E-state index in [0.29, 0.717) is 17.4 Å². The summed E-state index contributed by atoms with van der Waals surface area (Å²) in [7, 11) is 0. The van der Waals surface area contributed by atoms with Crippen molar-refractivity contribution in [1.29, 1.82) is 0 Å². The molecule has 1 aromatic rings. The first kappa shape index (κ1) is 13.9. The van der Waals surface area contributed by atoms with Crippen LogP contribution >= 0.6 is 0 Å². The lowest BCUT2D eigenvalue weighted by Gasteiger charge is -2.31. The highest BCUT2D eigenvalue weighted by Crippen LogP contribution is 2.40. The van der Waals surface area contributed by atoms with E-state index >= 15 is 0 Å². The van der Waals surface area contributed by atoms with Gasteiger partial charge in [-0.25, -0.2) is 5.43 Å². The number of hydrogen-bond donors (Lipinski definition) is 1. The summed E-state index contributed by atoms with van der Waals surface area (Å²) >= 11 is 0. The van der Waals surface area contributed by atoms with Crippen LogP contribution in [0.2, 0.25) is 0 Å². The molecule has 0 bridgehead atoms. The molecule has 4 nitrogen and oxygen atoms in total. The minimum absolute atomic E-state index is 0.127. The van der Waals surface area contributed by atoms with Crippen molar-refractivity contribution in [2.75, 3.05) is 0 Å². The molecule has 0 heterocycles.